The Morgan fingerprint density at radius 1 is 1.17 bits per heavy atom. The first-order valence-electron chi connectivity index (χ1n) is 9.51. The lowest BCUT2D eigenvalue weighted by Gasteiger charge is -2.16. The molecule has 7 heteroatoms. The molecule has 3 aromatic rings. The van der Waals surface area contributed by atoms with Crippen molar-refractivity contribution in [1.29, 1.82) is 0 Å². The first kappa shape index (κ1) is 19.7. The summed E-state index contributed by atoms with van der Waals surface area (Å²) in [6.45, 7) is 2.47. The molecular formula is C22H21N3O2S2. The molecule has 5 nitrogen and oxygen atoms in total. The van der Waals surface area contributed by atoms with Crippen LogP contribution in [0.4, 0.5) is 10.7 Å². The lowest BCUT2D eigenvalue weighted by atomic mass is 10.1. The third kappa shape index (κ3) is 4.36. The first-order chi connectivity index (χ1) is 14.2. The molecule has 1 unspecified atom stereocenters. The quantitative estimate of drug-likeness (QED) is 0.572. The number of aromatic nitrogens is 1. The van der Waals surface area contributed by atoms with E-state index in [1.165, 1.54) is 11.3 Å². The number of para-hydroxylation sites is 1. The lowest BCUT2D eigenvalue weighted by molar-refractivity contribution is -0.122. The van der Waals surface area contributed by atoms with E-state index in [9.17, 15) is 9.59 Å². The van der Waals surface area contributed by atoms with Crippen molar-refractivity contribution in [2.75, 3.05) is 22.5 Å². The van der Waals surface area contributed by atoms with Crippen molar-refractivity contribution in [3.8, 4) is 11.3 Å². The fourth-order valence-corrected chi connectivity index (χ4v) is 5.28. The predicted octanol–water partition coefficient (Wildman–Crippen LogP) is 4.91. The fraction of sp³-hybridized carbons (Fsp3) is 0.227. The van der Waals surface area contributed by atoms with E-state index >= 15 is 0 Å². The molecular weight excluding hydrogens is 402 g/mol. The van der Waals surface area contributed by atoms with E-state index in [4.69, 9.17) is 4.98 Å². The van der Waals surface area contributed by atoms with Crippen molar-refractivity contribution in [2.24, 2.45) is 5.92 Å². The number of benzene rings is 2. The Hall–Kier alpha value is -2.64. The van der Waals surface area contributed by atoms with Crippen LogP contribution < -0.4 is 10.2 Å². The van der Waals surface area contributed by atoms with Crippen LogP contribution in [0.15, 0.2) is 65.0 Å². The zero-order valence-electron chi connectivity index (χ0n) is 16.0. The number of nitrogens with zero attached hydrogens (tertiary/aromatic N) is 2. The number of thioether (sulfide) groups is 1. The van der Waals surface area contributed by atoms with E-state index in [2.05, 4.69) is 12.2 Å². The molecule has 2 amide bonds. The Balaban J connectivity index is 1.53. The molecule has 1 N–H and O–H groups in total. The highest BCUT2D eigenvalue weighted by atomic mass is 32.2. The van der Waals surface area contributed by atoms with E-state index in [-0.39, 0.29) is 24.2 Å². The molecule has 1 saturated heterocycles. The van der Waals surface area contributed by atoms with Crippen molar-refractivity contribution in [1.82, 2.24) is 4.98 Å². The van der Waals surface area contributed by atoms with Crippen LogP contribution in [0.5, 0.6) is 0 Å². The topological polar surface area (TPSA) is 62.3 Å². The van der Waals surface area contributed by atoms with Gasteiger partial charge in [-0.25, -0.2) is 4.98 Å². The number of thiazole rings is 1. The molecule has 0 aliphatic carbocycles. The zero-order chi connectivity index (χ0) is 20.2. The first-order valence-corrected chi connectivity index (χ1v) is 11.3. The Bertz CT molecular complexity index is 1010. The SMILES string of the molecule is CCSc1nc(-c2ccccc2)c(NC(=O)C2CC(=O)N(c3ccccc3)C2)s1. The summed E-state index contributed by atoms with van der Waals surface area (Å²) in [6.07, 6.45) is 0.219. The highest BCUT2D eigenvalue weighted by Crippen LogP contribution is 2.38. The van der Waals surface area contributed by atoms with Crippen molar-refractivity contribution in [2.45, 2.75) is 17.7 Å². The maximum absolute atomic E-state index is 13.0. The minimum atomic E-state index is -0.379. The molecule has 1 aliphatic rings. The van der Waals surface area contributed by atoms with Crippen LogP contribution in [-0.4, -0.2) is 29.1 Å². The Labute approximate surface area is 178 Å². The average molecular weight is 424 g/mol. The van der Waals surface area contributed by atoms with Gasteiger partial charge in [0, 0.05) is 24.2 Å². The van der Waals surface area contributed by atoms with Crippen LogP contribution in [0.2, 0.25) is 0 Å². The second-order valence-corrected chi connectivity index (χ2v) is 9.20. The molecule has 1 aliphatic heterocycles. The van der Waals surface area contributed by atoms with Gasteiger partial charge in [0.1, 0.15) is 10.7 Å². The molecule has 148 valence electrons. The van der Waals surface area contributed by atoms with Crippen LogP contribution >= 0.6 is 23.1 Å². The van der Waals surface area contributed by atoms with Gasteiger partial charge in [-0.2, -0.15) is 0 Å². The maximum atomic E-state index is 13.0. The highest BCUT2D eigenvalue weighted by Gasteiger charge is 2.35. The second-order valence-electron chi connectivity index (χ2n) is 6.69. The smallest absolute Gasteiger partial charge is 0.230 e. The van der Waals surface area contributed by atoms with Crippen molar-refractivity contribution in [3.05, 3.63) is 60.7 Å². The minimum absolute atomic E-state index is 0.0221. The second kappa shape index (κ2) is 8.80. The molecule has 1 atom stereocenters. The van der Waals surface area contributed by atoms with Gasteiger partial charge in [-0.15, -0.1) is 0 Å². The van der Waals surface area contributed by atoms with Gasteiger partial charge >= 0.3 is 0 Å². The molecule has 1 aromatic heterocycles. The summed E-state index contributed by atoms with van der Waals surface area (Å²) in [4.78, 5) is 31.8. The summed E-state index contributed by atoms with van der Waals surface area (Å²) in [6, 6.07) is 19.3. The molecule has 4 rings (SSSR count). The van der Waals surface area contributed by atoms with Crippen LogP contribution in [0.3, 0.4) is 0 Å². The normalized spacial score (nSPS) is 16.2. The summed E-state index contributed by atoms with van der Waals surface area (Å²) < 4.78 is 0.926. The van der Waals surface area contributed by atoms with Crippen molar-refractivity contribution < 1.29 is 9.59 Å². The van der Waals surface area contributed by atoms with Gasteiger partial charge in [-0.05, 0) is 17.9 Å². The molecule has 2 heterocycles. The summed E-state index contributed by atoms with van der Waals surface area (Å²) in [5.74, 6) is 0.380. The number of hydrogen-bond donors (Lipinski definition) is 1. The van der Waals surface area contributed by atoms with E-state index < -0.39 is 0 Å². The summed E-state index contributed by atoms with van der Waals surface area (Å²) in [7, 11) is 0. The van der Waals surface area contributed by atoms with Crippen LogP contribution in [0.1, 0.15) is 13.3 Å². The van der Waals surface area contributed by atoms with E-state index in [0.717, 1.165) is 32.0 Å². The third-order valence-electron chi connectivity index (χ3n) is 4.72. The molecule has 0 spiro atoms. The Morgan fingerprint density at radius 2 is 1.86 bits per heavy atom. The Morgan fingerprint density at radius 3 is 2.55 bits per heavy atom. The maximum Gasteiger partial charge on any atom is 0.230 e. The van der Waals surface area contributed by atoms with Gasteiger partial charge in [-0.3, -0.25) is 9.59 Å². The highest BCUT2D eigenvalue weighted by molar-refractivity contribution is 8.01. The number of carbonyl (C=O) groups is 2. The number of rotatable bonds is 6. The average Bonchev–Trinajstić information content (AvgIpc) is 3.33. The number of anilines is 2. The fourth-order valence-electron chi connectivity index (χ4n) is 3.32. The molecule has 1 fully saturated rings. The van der Waals surface area contributed by atoms with E-state index in [1.807, 2.05) is 60.7 Å². The minimum Gasteiger partial charge on any atom is -0.316 e. The largest absolute Gasteiger partial charge is 0.316 e. The van der Waals surface area contributed by atoms with Gasteiger partial charge in [0.15, 0.2) is 4.34 Å². The Kier molecular flexibility index (Phi) is 5.97. The van der Waals surface area contributed by atoms with Gasteiger partial charge < -0.3 is 10.2 Å². The van der Waals surface area contributed by atoms with E-state index in [1.54, 1.807) is 16.7 Å². The van der Waals surface area contributed by atoms with Gasteiger partial charge in [0.25, 0.3) is 0 Å². The van der Waals surface area contributed by atoms with Crippen molar-refractivity contribution >= 4 is 45.6 Å². The lowest BCUT2D eigenvalue weighted by Crippen LogP contribution is -2.28. The molecule has 29 heavy (non-hydrogen) atoms. The summed E-state index contributed by atoms with van der Waals surface area (Å²) in [5, 5.41) is 3.79. The molecule has 0 radical (unpaired) electrons. The number of nitrogens with one attached hydrogen (secondary N) is 1. The van der Waals surface area contributed by atoms with Crippen LogP contribution in [0.25, 0.3) is 11.3 Å². The van der Waals surface area contributed by atoms with Crippen LogP contribution in [-0.2, 0) is 9.59 Å². The predicted molar refractivity (Wildman–Crippen MR) is 119 cm³/mol. The summed E-state index contributed by atoms with van der Waals surface area (Å²) >= 11 is 3.14. The third-order valence-corrected chi connectivity index (χ3v) is 6.72. The standard InChI is InChI=1S/C22H21N3O2S2/c1-2-28-22-23-19(15-9-5-3-6-10-15)21(29-22)24-20(27)16-13-18(26)25(14-16)17-11-7-4-8-12-17/h3-12,16H,2,13-14H2,1H3,(H,24,27). The van der Waals surface area contributed by atoms with Gasteiger partial charge in [0.2, 0.25) is 11.8 Å². The monoisotopic (exact) mass is 423 g/mol. The molecule has 2 aromatic carbocycles. The van der Waals surface area contributed by atoms with Gasteiger partial charge in [0.05, 0.1) is 5.92 Å². The molecule has 0 saturated carbocycles. The molecule has 0 bridgehead atoms. The van der Waals surface area contributed by atoms with Gasteiger partial charge in [-0.1, -0.05) is 78.6 Å². The van der Waals surface area contributed by atoms with Crippen LogP contribution in [0, 0.1) is 5.92 Å². The summed E-state index contributed by atoms with van der Waals surface area (Å²) in [5.41, 5.74) is 2.58. The van der Waals surface area contributed by atoms with E-state index in [0.29, 0.717) is 6.54 Å². The zero-order valence-corrected chi connectivity index (χ0v) is 17.6. The number of amides is 2. The van der Waals surface area contributed by atoms with Crippen molar-refractivity contribution in [3.63, 3.8) is 0 Å². The number of carbonyl (C=O) groups excluding carboxylic acids is 2. The number of hydrogen-bond acceptors (Lipinski definition) is 5.